The van der Waals surface area contributed by atoms with Crippen molar-refractivity contribution in [1.82, 2.24) is 0 Å². The maximum atomic E-state index is 4.29. The average Bonchev–Trinajstić information content (AvgIpc) is 3.02. The largest absolute Gasteiger partial charge is 0.371 e. The predicted molar refractivity (Wildman–Crippen MR) is 90.3 cm³/mol. The molecule has 0 amide bonds. The molecule has 108 valence electrons. The molecule has 3 heteroatoms. The lowest BCUT2D eigenvalue weighted by atomic mass is 10.1. The molecule has 3 rings (SSSR count). The summed E-state index contributed by atoms with van der Waals surface area (Å²) in [4.78, 5) is 2.47. The van der Waals surface area contributed by atoms with Gasteiger partial charge in [0.05, 0.1) is 11.9 Å². The first-order valence-corrected chi connectivity index (χ1v) is 7.53. The van der Waals surface area contributed by atoms with Gasteiger partial charge in [-0.1, -0.05) is 24.3 Å². The van der Waals surface area contributed by atoms with Crippen LogP contribution in [0.15, 0.2) is 53.6 Å². The topological polar surface area (TPSA) is 27.6 Å². The van der Waals surface area contributed by atoms with Gasteiger partial charge in [-0.3, -0.25) is 5.43 Å². The van der Waals surface area contributed by atoms with E-state index in [2.05, 4.69) is 40.5 Å². The Morgan fingerprint density at radius 3 is 2.52 bits per heavy atom. The lowest BCUT2D eigenvalue weighted by molar-refractivity contribution is 0.949. The van der Waals surface area contributed by atoms with Gasteiger partial charge >= 0.3 is 0 Å². The molecule has 0 atom stereocenters. The Morgan fingerprint density at radius 1 is 1.05 bits per heavy atom. The molecule has 1 fully saturated rings. The molecule has 21 heavy (non-hydrogen) atoms. The number of nitrogens with one attached hydrogen (secondary N) is 1. The van der Waals surface area contributed by atoms with Crippen molar-refractivity contribution in [2.75, 3.05) is 23.4 Å². The fourth-order valence-corrected chi connectivity index (χ4v) is 2.77. The molecule has 1 aliphatic rings. The average molecular weight is 279 g/mol. The van der Waals surface area contributed by atoms with Crippen molar-refractivity contribution in [2.45, 2.75) is 19.8 Å². The molecular weight excluding hydrogens is 258 g/mol. The number of aryl methyl sites for hydroxylation is 1. The molecule has 0 radical (unpaired) electrons. The third-order valence-electron chi connectivity index (χ3n) is 3.85. The summed E-state index contributed by atoms with van der Waals surface area (Å²) >= 11 is 0. The Labute approximate surface area is 126 Å². The van der Waals surface area contributed by atoms with Gasteiger partial charge in [0.2, 0.25) is 0 Å². The van der Waals surface area contributed by atoms with Crippen LogP contribution in [0.3, 0.4) is 0 Å². The van der Waals surface area contributed by atoms with Gasteiger partial charge in [0.15, 0.2) is 0 Å². The van der Waals surface area contributed by atoms with Gasteiger partial charge in [0, 0.05) is 18.8 Å². The fraction of sp³-hybridized carbons (Fsp3) is 0.278. The maximum absolute atomic E-state index is 4.29. The monoisotopic (exact) mass is 279 g/mol. The molecule has 0 aromatic heterocycles. The smallest absolute Gasteiger partial charge is 0.0561 e. The number of anilines is 2. The summed E-state index contributed by atoms with van der Waals surface area (Å²) < 4.78 is 0. The van der Waals surface area contributed by atoms with Gasteiger partial charge < -0.3 is 4.90 Å². The second kappa shape index (κ2) is 6.44. The Morgan fingerprint density at radius 2 is 1.81 bits per heavy atom. The molecule has 2 aromatic carbocycles. The van der Waals surface area contributed by atoms with Gasteiger partial charge in [-0.25, -0.2) is 0 Å². The summed E-state index contributed by atoms with van der Waals surface area (Å²) in [6, 6.07) is 16.5. The van der Waals surface area contributed by atoms with E-state index in [9.17, 15) is 0 Å². The zero-order valence-electron chi connectivity index (χ0n) is 12.4. The molecule has 3 nitrogen and oxygen atoms in total. The third-order valence-corrected chi connectivity index (χ3v) is 3.85. The van der Waals surface area contributed by atoms with Crippen molar-refractivity contribution in [3.05, 3.63) is 59.7 Å². The van der Waals surface area contributed by atoms with E-state index in [1.54, 1.807) is 0 Å². The Hall–Kier alpha value is -2.29. The van der Waals surface area contributed by atoms with Crippen LogP contribution in [0.1, 0.15) is 24.0 Å². The van der Waals surface area contributed by atoms with E-state index >= 15 is 0 Å². The van der Waals surface area contributed by atoms with Crippen LogP contribution in [0.25, 0.3) is 0 Å². The van der Waals surface area contributed by atoms with Gasteiger partial charge in [-0.15, -0.1) is 0 Å². The highest BCUT2D eigenvalue weighted by Gasteiger charge is 2.13. The van der Waals surface area contributed by atoms with E-state index < -0.39 is 0 Å². The van der Waals surface area contributed by atoms with E-state index in [0.29, 0.717) is 0 Å². The van der Waals surface area contributed by atoms with E-state index in [-0.39, 0.29) is 0 Å². The van der Waals surface area contributed by atoms with Crippen LogP contribution < -0.4 is 10.3 Å². The van der Waals surface area contributed by atoms with Crippen molar-refractivity contribution < 1.29 is 0 Å². The van der Waals surface area contributed by atoms with E-state index in [1.165, 1.54) is 37.2 Å². The molecule has 0 unspecified atom stereocenters. The van der Waals surface area contributed by atoms with Crippen LogP contribution in [0, 0.1) is 6.92 Å². The number of hydrazone groups is 1. The number of hydrogen-bond donors (Lipinski definition) is 1. The molecule has 1 heterocycles. The molecule has 0 bridgehead atoms. The van der Waals surface area contributed by atoms with Crippen LogP contribution in [0.4, 0.5) is 11.4 Å². The Kier molecular flexibility index (Phi) is 4.20. The SMILES string of the molecule is Cc1cc(C=NNc2ccccc2)ccc1N1CCCC1. The fourth-order valence-electron chi connectivity index (χ4n) is 2.77. The van der Waals surface area contributed by atoms with Gasteiger partial charge in [0.1, 0.15) is 0 Å². The number of rotatable bonds is 4. The molecule has 0 aliphatic carbocycles. The van der Waals surface area contributed by atoms with E-state index in [1.807, 2.05) is 36.5 Å². The van der Waals surface area contributed by atoms with Gasteiger partial charge in [-0.2, -0.15) is 5.10 Å². The van der Waals surface area contributed by atoms with Gasteiger partial charge in [0.25, 0.3) is 0 Å². The first kappa shape index (κ1) is 13.7. The van der Waals surface area contributed by atoms with Crippen molar-refractivity contribution >= 4 is 17.6 Å². The highest BCUT2D eigenvalue weighted by Crippen LogP contribution is 2.24. The van der Waals surface area contributed by atoms with Crippen LogP contribution in [-0.4, -0.2) is 19.3 Å². The number of benzene rings is 2. The normalized spacial score (nSPS) is 14.8. The Bertz CT molecular complexity index is 614. The zero-order valence-corrected chi connectivity index (χ0v) is 12.4. The summed E-state index contributed by atoms with van der Waals surface area (Å²) in [6.07, 6.45) is 4.49. The molecule has 0 spiro atoms. The molecule has 0 saturated carbocycles. The summed E-state index contributed by atoms with van der Waals surface area (Å²) in [5, 5.41) is 4.29. The van der Waals surface area contributed by atoms with Crippen LogP contribution in [0.5, 0.6) is 0 Å². The highest BCUT2D eigenvalue weighted by atomic mass is 15.3. The lowest BCUT2D eigenvalue weighted by Gasteiger charge is -2.20. The summed E-state index contributed by atoms with van der Waals surface area (Å²) in [5.74, 6) is 0. The number of nitrogens with zero attached hydrogens (tertiary/aromatic N) is 2. The first-order valence-electron chi connectivity index (χ1n) is 7.53. The number of hydrogen-bond acceptors (Lipinski definition) is 3. The predicted octanol–water partition coefficient (Wildman–Crippen LogP) is 4.04. The zero-order chi connectivity index (χ0) is 14.5. The molecule has 2 aromatic rings. The lowest BCUT2D eigenvalue weighted by Crippen LogP contribution is -2.18. The van der Waals surface area contributed by atoms with Crippen molar-refractivity contribution in [2.24, 2.45) is 5.10 Å². The van der Waals surface area contributed by atoms with Crippen LogP contribution in [-0.2, 0) is 0 Å². The summed E-state index contributed by atoms with van der Waals surface area (Å²) in [6.45, 7) is 4.54. The molecule has 1 aliphatic heterocycles. The van der Waals surface area contributed by atoms with Crippen molar-refractivity contribution in [3.63, 3.8) is 0 Å². The van der Waals surface area contributed by atoms with E-state index in [0.717, 1.165) is 11.3 Å². The minimum absolute atomic E-state index is 0.999. The minimum atomic E-state index is 0.999. The standard InChI is InChI=1S/C18H21N3/c1-15-13-16(9-10-18(15)21-11-5-6-12-21)14-19-20-17-7-3-2-4-8-17/h2-4,7-10,13-14,20H,5-6,11-12H2,1H3. The van der Waals surface area contributed by atoms with Crippen molar-refractivity contribution in [3.8, 4) is 0 Å². The van der Waals surface area contributed by atoms with Gasteiger partial charge in [-0.05, 0) is 55.2 Å². The van der Waals surface area contributed by atoms with Crippen LogP contribution >= 0.6 is 0 Å². The quantitative estimate of drug-likeness (QED) is 0.675. The highest BCUT2D eigenvalue weighted by molar-refractivity contribution is 5.81. The number of para-hydroxylation sites is 1. The first-order chi connectivity index (χ1) is 10.3. The second-order valence-electron chi connectivity index (χ2n) is 5.48. The maximum Gasteiger partial charge on any atom is 0.0561 e. The summed E-state index contributed by atoms with van der Waals surface area (Å²) in [5.41, 5.74) is 7.85. The third kappa shape index (κ3) is 3.43. The molecule has 1 N–H and O–H groups in total. The summed E-state index contributed by atoms with van der Waals surface area (Å²) in [7, 11) is 0. The van der Waals surface area contributed by atoms with Crippen LogP contribution in [0.2, 0.25) is 0 Å². The van der Waals surface area contributed by atoms with E-state index in [4.69, 9.17) is 0 Å². The molecule has 1 saturated heterocycles. The minimum Gasteiger partial charge on any atom is -0.371 e. The Balaban J connectivity index is 1.67. The van der Waals surface area contributed by atoms with Crippen molar-refractivity contribution in [1.29, 1.82) is 0 Å². The molecular formula is C18H21N3. The second-order valence-corrected chi connectivity index (χ2v) is 5.48.